The van der Waals surface area contributed by atoms with Crippen LogP contribution >= 0.6 is 0 Å². The minimum absolute atomic E-state index is 0.0204. The monoisotopic (exact) mass is 682 g/mol. The van der Waals surface area contributed by atoms with E-state index in [9.17, 15) is 24.0 Å². The number of hydrogen-bond donors (Lipinski definition) is 1. The predicted molar refractivity (Wildman–Crippen MR) is 171 cm³/mol. The van der Waals surface area contributed by atoms with Crippen molar-refractivity contribution in [2.45, 2.75) is 65.0 Å². The summed E-state index contributed by atoms with van der Waals surface area (Å²) in [7, 11) is 1.08. The standard InChI is InChI=1S/C34H38N2O13/c1-6-36(18-44-26-13-9-11-23-10-7-8-12-24(23)26)34(41)43-17-22-14-15-27(25(35)16-22)48-33-31(47-21(4)39)29(46-20(3)38)28(45-19(2)37)30(49-33)32(40)42-5/h7-16,28-31,33H,6,17-18,35H2,1-5H3/t28?,29-,30?,31?,33-/m0/s1. The Morgan fingerprint density at radius 2 is 1.47 bits per heavy atom. The number of hydrogen-bond acceptors (Lipinski definition) is 14. The average molecular weight is 683 g/mol. The van der Waals surface area contributed by atoms with Crippen molar-refractivity contribution in [3.63, 3.8) is 0 Å². The molecule has 0 spiro atoms. The molecule has 1 saturated heterocycles. The van der Waals surface area contributed by atoms with Gasteiger partial charge in [-0.1, -0.05) is 42.5 Å². The molecule has 15 nitrogen and oxygen atoms in total. The largest absolute Gasteiger partial charge is 0.472 e. The third-order valence-corrected chi connectivity index (χ3v) is 7.28. The van der Waals surface area contributed by atoms with Crippen LogP contribution in [0.4, 0.5) is 10.5 Å². The van der Waals surface area contributed by atoms with E-state index in [-0.39, 0.29) is 24.8 Å². The third-order valence-electron chi connectivity index (χ3n) is 7.28. The molecule has 1 amide bonds. The summed E-state index contributed by atoms with van der Waals surface area (Å²) in [5, 5.41) is 1.92. The van der Waals surface area contributed by atoms with Crippen molar-refractivity contribution in [2.24, 2.45) is 0 Å². The second-order valence-corrected chi connectivity index (χ2v) is 10.8. The number of fused-ring (bicyclic) bond motifs is 1. The molecule has 0 bridgehead atoms. The Kier molecular flexibility index (Phi) is 12.2. The number of nitrogens with zero attached hydrogens (tertiary/aromatic N) is 1. The molecule has 2 N–H and O–H groups in total. The summed E-state index contributed by atoms with van der Waals surface area (Å²) >= 11 is 0. The van der Waals surface area contributed by atoms with Crippen molar-refractivity contribution in [1.29, 1.82) is 0 Å². The number of nitrogens with two attached hydrogens (primary N) is 1. The fourth-order valence-corrected chi connectivity index (χ4v) is 5.07. The van der Waals surface area contributed by atoms with Gasteiger partial charge in [-0.15, -0.1) is 0 Å². The van der Waals surface area contributed by atoms with Crippen LogP contribution in [0.2, 0.25) is 0 Å². The Hall–Kier alpha value is -5.57. The van der Waals surface area contributed by atoms with Crippen LogP contribution in [-0.2, 0) is 54.2 Å². The van der Waals surface area contributed by atoms with Gasteiger partial charge >= 0.3 is 30.0 Å². The van der Waals surface area contributed by atoms with Crippen LogP contribution in [0.25, 0.3) is 10.8 Å². The Bertz CT molecular complexity index is 1670. The molecule has 0 saturated carbocycles. The first-order valence-corrected chi connectivity index (χ1v) is 15.2. The number of ether oxygens (including phenoxy) is 8. The molecule has 1 aliphatic heterocycles. The van der Waals surface area contributed by atoms with Gasteiger partial charge < -0.3 is 43.6 Å². The van der Waals surface area contributed by atoms with Gasteiger partial charge in [-0.3, -0.25) is 19.3 Å². The number of rotatable bonds is 12. The van der Waals surface area contributed by atoms with E-state index in [0.717, 1.165) is 38.7 Å². The summed E-state index contributed by atoms with van der Waals surface area (Å²) in [5.74, 6) is -2.81. The molecule has 5 atom stereocenters. The number of amides is 1. The van der Waals surface area contributed by atoms with E-state index in [2.05, 4.69) is 0 Å². The molecule has 262 valence electrons. The first-order chi connectivity index (χ1) is 23.4. The minimum atomic E-state index is -1.64. The van der Waals surface area contributed by atoms with E-state index in [1.165, 1.54) is 17.0 Å². The van der Waals surface area contributed by atoms with Crippen LogP contribution in [0.3, 0.4) is 0 Å². The van der Waals surface area contributed by atoms with E-state index in [0.29, 0.717) is 17.9 Å². The highest BCUT2D eigenvalue weighted by Crippen LogP contribution is 2.33. The SMILES string of the molecule is CCN(COc1cccc2ccccc12)C(=O)OCc1ccc(O[C@H]2OC(C(=O)OC)C(OC(C)=O)[C@H](OC(C)=O)C2OC(C)=O)c(N)c1. The van der Waals surface area contributed by atoms with Crippen molar-refractivity contribution in [3.8, 4) is 11.5 Å². The number of nitrogen functional groups attached to an aromatic ring is 1. The van der Waals surface area contributed by atoms with Crippen LogP contribution < -0.4 is 15.2 Å². The molecule has 0 aliphatic carbocycles. The van der Waals surface area contributed by atoms with Crippen LogP contribution in [0, 0.1) is 0 Å². The highest BCUT2D eigenvalue weighted by molar-refractivity contribution is 5.88. The Morgan fingerprint density at radius 1 is 0.816 bits per heavy atom. The smallest absolute Gasteiger partial charge is 0.412 e. The van der Waals surface area contributed by atoms with Crippen molar-refractivity contribution in [1.82, 2.24) is 4.90 Å². The summed E-state index contributed by atoms with van der Waals surface area (Å²) in [6, 6.07) is 17.9. The molecule has 3 unspecified atom stereocenters. The van der Waals surface area contributed by atoms with Crippen molar-refractivity contribution >= 4 is 46.4 Å². The Morgan fingerprint density at radius 3 is 2.12 bits per heavy atom. The molecule has 0 radical (unpaired) electrons. The highest BCUT2D eigenvalue weighted by atomic mass is 16.7. The summed E-state index contributed by atoms with van der Waals surface area (Å²) in [6.45, 7) is 5.17. The van der Waals surface area contributed by atoms with Gasteiger partial charge in [-0.2, -0.15) is 0 Å². The fraction of sp³-hybridized carbons (Fsp3) is 0.382. The van der Waals surface area contributed by atoms with Gasteiger partial charge in [0.1, 0.15) is 18.1 Å². The van der Waals surface area contributed by atoms with Crippen LogP contribution in [0.5, 0.6) is 11.5 Å². The molecule has 0 aromatic heterocycles. The molecule has 1 heterocycles. The summed E-state index contributed by atoms with van der Waals surface area (Å²) < 4.78 is 43.9. The first-order valence-electron chi connectivity index (χ1n) is 15.2. The lowest BCUT2D eigenvalue weighted by Gasteiger charge is -2.43. The minimum Gasteiger partial charge on any atom is -0.472 e. The van der Waals surface area contributed by atoms with E-state index in [1.54, 1.807) is 13.0 Å². The van der Waals surface area contributed by atoms with Crippen molar-refractivity contribution in [2.75, 3.05) is 26.1 Å². The molecule has 3 aromatic carbocycles. The zero-order valence-corrected chi connectivity index (χ0v) is 27.6. The van der Waals surface area contributed by atoms with Gasteiger partial charge in [0.05, 0.1) is 12.8 Å². The molecule has 4 rings (SSSR count). The van der Waals surface area contributed by atoms with E-state index in [4.69, 9.17) is 43.6 Å². The summed E-state index contributed by atoms with van der Waals surface area (Å²) in [4.78, 5) is 62.9. The van der Waals surface area contributed by atoms with E-state index in [1.807, 2.05) is 42.5 Å². The number of esters is 4. The lowest BCUT2D eigenvalue weighted by molar-refractivity contribution is -0.282. The Balaban J connectivity index is 1.46. The lowest BCUT2D eigenvalue weighted by atomic mass is 9.97. The van der Waals surface area contributed by atoms with Gasteiger partial charge in [0, 0.05) is 32.7 Å². The van der Waals surface area contributed by atoms with Gasteiger partial charge in [-0.05, 0) is 36.1 Å². The van der Waals surface area contributed by atoms with E-state index >= 15 is 0 Å². The summed E-state index contributed by atoms with van der Waals surface area (Å²) in [6.07, 6.45) is -8.43. The maximum absolute atomic E-state index is 12.9. The maximum atomic E-state index is 12.9. The number of anilines is 1. The van der Waals surface area contributed by atoms with Gasteiger partial charge in [0.15, 0.2) is 25.0 Å². The quantitative estimate of drug-likeness (QED) is 0.126. The predicted octanol–water partition coefficient (Wildman–Crippen LogP) is 3.49. The molecule has 15 heteroatoms. The zero-order chi connectivity index (χ0) is 35.7. The molecule has 49 heavy (non-hydrogen) atoms. The molecule has 1 fully saturated rings. The number of carbonyl (C=O) groups excluding carboxylic acids is 5. The first kappa shape index (κ1) is 36.3. The average Bonchev–Trinajstić information content (AvgIpc) is 3.06. The fourth-order valence-electron chi connectivity index (χ4n) is 5.07. The van der Waals surface area contributed by atoms with E-state index < -0.39 is 60.7 Å². The number of benzene rings is 3. The van der Waals surface area contributed by atoms with Gasteiger partial charge in [-0.25, -0.2) is 9.59 Å². The second-order valence-electron chi connectivity index (χ2n) is 10.8. The molecular weight excluding hydrogens is 644 g/mol. The molecular formula is C34H38N2O13. The van der Waals surface area contributed by atoms with Crippen molar-refractivity contribution in [3.05, 3.63) is 66.2 Å². The lowest BCUT2D eigenvalue weighted by Crippen LogP contribution is -2.64. The maximum Gasteiger partial charge on any atom is 0.412 e. The highest BCUT2D eigenvalue weighted by Gasteiger charge is 2.56. The van der Waals surface area contributed by atoms with Crippen LogP contribution in [0.15, 0.2) is 60.7 Å². The number of carbonyl (C=O) groups is 5. The Labute approximate surface area is 282 Å². The number of methoxy groups -OCH3 is 1. The third kappa shape index (κ3) is 9.28. The molecule has 3 aromatic rings. The van der Waals surface area contributed by atoms with Gasteiger partial charge in [0.2, 0.25) is 12.4 Å². The normalized spacial score (nSPS) is 20.0. The van der Waals surface area contributed by atoms with Crippen LogP contribution in [0.1, 0.15) is 33.3 Å². The zero-order valence-electron chi connectivity index (χ0n) is 27.6. The van der Waals surface area contributed by atoms with Gasteiger partial charge in [0.25, 0.3) is 0 Å². The topological polar surface area (TPSA) is 188 Å². The van der Waals surface area contributed by atoms with Crippen molar-refractivity contribution < 1.29 is 61.9 Å². The van der Waals surface area contributed by atoms with Crippen LogP contribution in [-0.4, -0.2) is 86.0 Å². The molecule has 1 aliphatic rings. The second kappa shape index (κ2) is 16.5. The summed E-state index contributed by atoms with van der Waals surface area (Å²) in [5.41, 5.74) is 6.83.